The molecule has 0 unspecified atom stereocenters. The van der Waals surface area contributed by atoms with E-state index in [1.807, 2.05) is 18.2 Å². The van der Waals surface area contributed by atoms with E-state index in [2.05, 4.69) is 15.8 Å². The number of rotatable bonds is 5. The number of nitrogens with one attached hydrogen (secondary N) is 1. The fraction of sp³-hybridized carbons (Fsp3) is 0.308. The molecule has 4 nitrogen and oxygen atoms in total. The van der Waals surface area contributed by atoms with Gasteiger partial charge in [-0.15, -0.1) is 0 Å². The van der Waals surface area contributed by atoms with Gasteiger partial charge in [0.25, 0.3) is 0 Å². The summed E-state index contributed by atoms with van der Waals surface area (Å²) in [7, 11) is 1.39. The number of carbonyl (C=O) groups excluding carboxylic acids is 1. The normalized spacial score (nSPS) is 10.4. The first-order valence-electron chi connectivity index (χ1n) is 5.48. The highest BCUT2D eigenvalue weighted by Gasteiger charge is 2.01. The van der Waals surface area contributed by atoms with Crippen LogP contribution in [0.4, 0.5) is 0 Å². The number of esters is 1. The largest absolute Gasteiger partial charge is 0.494 e. The molecule has 0 aliphatic rings. The summed E-state index contributed by atoms with van der Waals surface area (Å²) in [6.45, 7) is 0.505. The highest BCUT2D eigenvalue weighted by molar-refractivity contribution is 5.79. The van der Waals surface area contributed by atoms with Gasteiger partial charge in [0.15, 0.2) is 0 Å². The molecule has 0 saturated heterocycles. The van der Waals surface area contributed by atoms with Gasteiger partial charge >= 0.3 is 5.97 Å². The Morgan fingerprint density at radius 3 is 3.18 bits per heavy atom. The van der Waals surface area contributed by atoms with E-state index in [1.54, 1.807) is 6.20 Å². The summed E-state index contributed by atoms with van der Waals surface area (Å²) in [5, 5.41) is 1.03. The average molecular weight is 232 g/mol. The monoisotopic (exact) mass is 232 g/mol. The van der Waals surface area contributed by atoms with Crippen LogP contribution in [0.2, 0.25) is 0 Å². The number of hydrogen-bond donors (Lipinski definition) is 1. The highest BCUT2D eigenvalue weighted by Crippen LogP contribution is 2.19. The highest BCUT2D eigenvalue weighted by atomic mass is 16.5. The van der Waals surface area contributed by atoms with Crippen molar-refractivity contribution in [1.82, 2.24) is 4.98 Å². The van der Waals surface area contributed by atoms with Gasteiger partial charge in [-0.2, -0.15) is 0 Å². The molecule has 2 rings (SSSR count). The maximum Gasteiger partial charge on any atom is 0.305 e. The van der Waals surface area contributed by atoms with E-state index < -0.39 is 0 Å². The van der Waals surface area contributed by atoms with Crippen LogP contribution >= 0.6 is 0 Å². The Hall–Kier alpha value is -1.97. The molecule has 1 heterocycles. The van der Waals surface area contributed by atoms with Gasteiger partial charge in [-0.1, -0.05) is 0 Å². The second kappa shape index (κ2) is 5.39. The zero-order valence-electron chi connectivity index (χ0n) is 9.66. The van der Waals surface area contributed by atoms with E-state index in [1.165, 1.54) is 7.11 Å². The van der Waals surface area contributed by atoms with Crippen LogP contribution in [0.5, 0.6) is 5.75 Å². The summed E-state index contributed by atoms with van der Waals surface area (Å²) in [4.78, 5) is 13.9. The number of aromatic amines is 1. The van der Waals surface area contributed by atoms with Crippen LogP contribution < -0.4 is 4.74 Å². The third-order valence-electron chi connectivity index (χ3n) is 2.47. The summed E-state index contributed by atoms with van der Waals surface area (Å²) < 4.78 is 10.1. The third kappa shape index (κ3) is 3.00. The van der Waals surface area contributed by atoms with Crippen molar-refractivity contribution in [1.29, 1.82) is 0 Å². The molecule has 0 atom stereocenters. The zero-order valence-corrected chi connectivity index (χ0v) is 9.66. The minimum Gasteiger partial charge on any atom is -0.494 e. The minimum absolute atomic E-state index is 0.206. The van der Waals surface area contributed by atoms with Crippen molar-refractivity contribution in [3.05, 3.63) is 30.5 Å². The van der Waals surface area contributed by atoms with Crippen LogP contribution in [0.3, 0.4) is 0 Å². The van der Waals surface area contributed by atoms with E-state index in [9.17, 15) is 4.79 Å². The lowest BCUT2D eigenvalue weighted by Gasteiger charge is -2.05. The first kappa shape index (κ1) is 11.5. The Morgan fingerprint density at radius 2 is 2.35 bits per heavy atom. The average Bonchev–Trinajstić information content (AvgIpc) is 2.81. The van der Waals surface area contributed by atoms with Gasteiger partial charge in [-0.3, -0.25) is 4.79 Å². The predicted octanol–water partition coefficient (Wildman–Crippen LogP) is 2.30. The molecule has 0 amide bonds. The van der Waals surface area contributed by atoms with Crippen molar-refractivity contribution >= 4 is 16.9 Å². The Kier molecular flexibility index (Phi) is 3.65. The molecular formula is C13H14NO3. The zero-order chi connectivity index (χ0) is 12.1. The molecule has 0 fully saturated rings. The van der Waals surface area contributed by atoms with Crippen LogP contribution in [-0.4, -0.2) is 24.7 Å². The van der Waals surface area contributed by atoms with Crippen molar-refractivity contribution in [2.45, 2.75) is 12.8 Å². The number of hydrogen-bond acceptors (Lipinski definition) is 3. The van der Waals surface area contributed by atoms with Gasteiger partial charge in [0.1, 0.15) is 5.75 Å². The fourth-order valence-corrected chi connectivity index (χ4v) is 1.56. The lowest BCUT2D eigenvalue weighted by molar-refractivity contribution is -0.140. The molecular weight excluding hydrogens is 218 g/mol. The van der Waals surface area contributed by atoms with Crippen LogP contribution in [-0.2, 0) is 9.53 Å². The summed E-state index contributed by atoms with van der Waals surface area (Å²) >= 11 is 0. The molecule has 1 N–H and O–H groups in total. The molecule has 0 aliphatic heterocycles. The van der Waals surface area contributed by atoms with Crippen LogP contribution in [0.15, 0.2) is 24.4 Å². The second-order valence-electron chi connectivity index (χ2n) is 3.67. The van der Waals surface area contributed by atoms with E-state index in [4.69, 9.17) is 4.74 Å². The number of benzene rings is 1. The molecule has 89 valence electrons. The van der Waals surface area contributed by atoms with Gasteiger partial charge in [0, 0.05) is 35.7 Å². The van der Waals surface area contributed by atoms with Crippen molar-refractivity contribution in [2.75, 3.05) is 13.7 Å². The Balaban J connectivity index is 1.84. The lowest BCUT2D eigenvalue weighted by atomic mass is 10.2. The smallest absolute Gasteiger partial charge is 0.305 e. The summed E-state index contributed by atoms with van der Waals surface area (Å²) in [6, 6.07) is 8.82. The molecule has 0 saturated carbocycles. The summed E-state index contributed by atoms with van der Waals surface area (Å²) in [6.07, 6.45) is 2.81. The summed E-state index contributed by atoms with van der Waals surface area (Å²) in [5.41, 5.74) is 0.996. The van der Waals surface area contributed by atoms with Gasteiger partial charge in [0.05, 0.1) is 13.7 Å². The topological polar surface area (TPSA) is 51.3 Å². The number of carbonyl (C=O) groups is 1. The van der Waals surface area contributed by atoms with E-state index in [0.29, 0.717) is 19.4 Å². The third-order valence-corrected chi connectivity index (χ3v) is 2.47. The first-order chi connectivity index (χ1) is 8.29. The first-order valence-corrected chi connectivity index (χ1v) is 5.48. The predicted molar refractivity (Wildman–Crippen MR) is 63.9 cm³/mol. The van der Waals surface area contributed by atoms with E-state index in [0.717, 1.165) is 16.7 Å². The Morgan fingerprint density at radius 1 is 1.47 bits per heavy atom. The van der Waals surface area contributed by atoms with E-state index >= 15 is 0 Å². The molecule has 1 aromatic carbocycles. The van der Waals surface area contributed by atoms with Gasteiger partial charge in [-0.25, -0.2) is 0 Å². The van der Waals surface area contributed by atoms with Crippen molar-refractivity contribution < 1.29 is 14.3 Å². The molecule has 0 bridgehead atoms. The van der Waals surface area contributed by atoms with Crippen LogP contribution in [0, 0.1) is 6.07 Å². The molecule has 1 aromatic heterocycles. The number of aromatic nitrogens is 1. The minimum atomic E-state index is -0.206. The van der Waals surface area contributed by atoms with Crippen LogP contribution in [0.25, 0.3) is 10.9 Å². The molecule has 1 radical (unpaired) electrons. The molecule has 0 aliphatic carbocycles. The number of ether oxygens (including phenoxy) is 2. The van der Waals surface area contributed by atoms with Crippen LogP contribution in [0.1, 0.15) is 12.8 Å². The number of methoxy groups -OCH3 is 1. The fourth-order valence-electron chi connectivity index (χ4n) is 1.56. The van der Waals surface area contributed by atoms with Gasteiger partial charge < -0.3 is 14.5 Å². The second-order valence-corrected chi connectivity index (χ2v) is 3.67. The van der Waals surface area contributed by atoms with E-state index in [-0.39, 0.29) is 5.97 Å². The Labute approximate surface area is 99.5 Å². The number of H-pyrrole nitrogens is 1. The lowest BCUT2D eigenvalue weighted by Crippen LogP contribution is -2.04. The quantitative estimate of drug-likeness (QED) is 0.635. The van der Waals surface area contributed by atoms with Gasteiger partial charge in [-0.05, 0) is 18.6 Å². The summed E-state index contributed by atoms with van der Waals surface area (Å²) in [5.74, 6) is 0.584. The maximum absolute atomic E-state index is 10.9. The standard InChI is InChI=1S/C13H14NO3/c1-16-13(15)3-2-8-17-11-5-4-10-6-7-14-12(10)9-11/h4-5,7,9,14H,2-3,8H2,1H3. The van der Waals surface area contributed by atoms with Crippen molar-refractivity contribution in [3.63, 3.8) is 0 Å². The van der Waals surface area contributed by atoms with Gasteiger partial charge in [0.2, 0.25) is 0 Å². The Bertz CT molecular complexity index is 504. The molecule has 4 heteroatoms. The molecule has 0 spiro atoms. The molecule has 2 aromatic rings. The maximum atomic E-state index is 10.9. The SMILES string of the molecule is COC(=O)CCCOc1ccc2[c]c[nH]c2c1. The molecule has 17 heavy (non-hydrogen) atoms. The number of fused-ring (bicyclic) bond motifs is 1. The van der Waals surface area contributed by atoms with Crippen molar-refractivity contribution in [3.8, 4) is 5.75 Å². The van der Waals surface area contributed by atoms with Crippen molar-refractivity contribution in [2.24, 2.45) is 0 Å².